The lowest BCUT2D eigenvalue weighted by Crippen LogP contribution is -2.13. The number of benzene rings is 3. The minimum Gasteiger partial charge on any atom is -0.435 e. The maximum atomic E-state index is 13.1. The number of nitrogens with zero attached hydrogens (tertiary/aromatic N) is 1. The zero-order chi connectivity index (χ0) is 22.9. The van der Waals surface area contributed by atoms with Crippen molar-refractivity contribution in [2.24, 2.45) is 0 Å². The molecule has 0 saturated carbocycles. The molecular weight excluding hydrogens is 447 g/mol. The summed E-state index contributed by atoms with van der Waals surface area (Å²) in [6, 6.07) is 14.9. The molecule has 0 aliphatic carbocycles. The van der Waals surface area contributed by atoms with Crippen LogP contribution in [0.1, 0.15) is 5.56 Å². The molecule has 0 spiro atoms. The number of sulfonamides is 1. The Bertz CT molecular complexity index is 1430. The maximum absolute atomic E-state index is 13.1. The highest BCUT2D eigenvalue weighted by Crippen LogP contribution is 2.23. The van der Waals surface area contributed by atoms with Crippen LogP contribution in [-0.2, 0) is 16.6 Å². The molecular formula is C21H16F3N3O4S. The van der Waals surface area contributed by atoms with Gasteiger partial charge in [0, 0.05) is 11.8 Å². The smallest absolute Gasteiger partial charge is 0.387 e. The lowest BCUT2D eigenvalue weighted by Gasteiger charge is -2.10. The number of ether oxygens (including phenoxy) is 1. The predicted molar refractivity (Wildman–Crippen MR) is 112 cm³/mol. The van der Waals surface area contributed by atoms with E-state index in [1.165, 1.54) is 42.5 Å². The number of aromatic nitrogens is 2. The molecule has 2 N–H and O–H groups in total. The summed E-state index contributed by atoms with van der Waals surface area (Å²) in [5.74, 6) is -0.671. The van der Waals surface area contributed by atoms with E-state index >= 15 is 0 Å². The third-order valence-corrected chi connectivity index (χ3v) is 5.99. The first-order valence-electron chi connectivity index (χ1n) is 9.26. The Morgan fingerprint density at radius 3 is 2.50 bits per heavy atom. The van der Waals surface area contributed by atoms with Gasteiger partial charge in [-0.25, -0.2) is 12.8 Å². The molecule has 3 aromatic carbocycles. The van der Waals surface area contributed by atoms with Crippen molar-refractivity contribution >= 4 is 26.6 Å². The Morgan fingerprint density at radius 1 is 1.03 bits per heavy atom. The largest absolute Gasteiger partial charge is 0.435 e. The van der Waals surface area contributed by atoms with Crippen LogP contribution < -0.4 is 15.0 Å². The van der Waals surface area contributed by atoms with Crippen LogP contribution >= 0.6 is 0 Å². The molecule has 1 aromatic heterocycles. The molecule has 1 heterocycles. The number of nitrogens with one attached hydrogen (secondary N) is 2. The lowest BCUT2D eigenvalue weighted by atomic mass is 10.2. The van der Waals surface area contributed by atoms with Crippen molar-refractivity contribution in [3.8, 4) is 5.75 Å². The van der Waals surface area contributed by atoms with E-state index in [2.05, 4.69) is 14.6 Å². The van der Waals surface area contributed by atoms with Crippen LogP contribution in [0.3, 0.4) is 0 Å². The number of fused-ring (bicyclic) bond motifs is 1. The van der Waals surface area contributed by atoms with Crippen molar-refractivity contribution in [2.45, 2.75) is 18.1 Å². The molecule has 0 aliphatic rings. The van der Waals surface area contributed by atoms with Crippen LogP contribution in [0.4, 0.5) is 18.9 Å². The molecule has 0 amide bonds. The second-order valence-electron chi connectivity index (χ2n) is 6.84. The van der Waals surface area contributed by atoms with Gasteiger partial charge in [-0.3, -0.25) is 19.3 Å². The van der Waals surface area contributed by atoms with Crippen LogP contribution in [0.25, 0.3) is 10.9 Å². The number of hydrogen-bond donors (Lipinski definition) is 2. The molecule has 0 bridgehead atoms. The summed E-state index contributed by atoms with van der Waals surface area (Å²) in [5, 5.41) is 2.90. The normalized spacial score (nSPS) is 11.8. The molecule has 0 saturated heterocycles. The summed E-state index contributed by atoms with van der Waals surface area (Å²) in [4.78, 5) is 12.1. The molecule has 4 rings (SSSR count). The van der Waals surface area contributed by atoms with Gasteiger partial charge in [-0.15, -0.1) is 0 Å². The predicted octanol–water partition coefficient (Wildman–Crippen LogP) is 3.92. The minimum atomic E-state index is -4.13. The third kappa shape index (κ3) is 4.62. The average molecular weight is 463 g/mol. The molecule has 7 nitrogen and oxygen atoms in total. The number of hydrogen-bond acceptors (Lipinski definition) is 4. The van der Waals surface area contributed by atoms with E-state index in [9.17, 15) is 26.4 Å². The Hall–Kier alpha value is -3.73. The van der Waals surface area contributed by atoms with Gasteiger partial charge < -0.3 is 4.74 Å². The fraction of sp³-hybridized carbons (Fsp3) is 0.0952. The van der Waals surface area contributed by atoms with Crippen LogP contribution in [0.15, 0.2) is 76.4 Å². The highest BCUT2D eigenvalue weighted by Gasteiger charge is 2.17. The van der Waals surface area contributed by atoms with Crippen LogP contribution in [0.5, 0.6) is 5.75 Å². The number of rotatable bonds is 7. The van der Waals surface area contributed by atoms with Gasteiger partial charge in [0.05, 0.1) is 22.3 Å². The van der Waals surface area contributed by atoms with Gasteiger partial charge in [-0.2, -0.15) is 8.78 Å². The lowest BCUT2D eigenvalue weighted by molar-refractivity contribution is -0.0499. The van der Waals surface area contributed by atoms with Crippen LogP contribution in [-0.4, -0.2) is 24.8 Å². The van der Waals surface area contributed by atoms with Crippen molar-refractivity contribution in [1.82, 2.24) is 9.78 Å². The van der Waals surface area contributed by atoms with Crippen LogP contribution in [0, 0.1) is 5.82 Å². The Morgan fingerprint density at radius 2 is 1.78 bits per heavy atom. The minimum absolute atomic E-state index is 0.114. The maximum Gasteiger partial charge on any atom is 0.387 e. The summed E-state index contributed by atoms with van der Waals surface area (Å²) in [6.07, 6.45) is 0. The van der Waals surface area contributed by atoms with Crippen molar-refractivity contribution in [2.75, 3.05) is 4.72 Å². The topological polar surface area (TPSA) is 93.2 Å². The number of halogens is 3. The molecule has 0 radical (unpaired) electrons. The molecule has 11 heteroatoms. The van der Waals surface area contributed by atoms with E-state index in [0.29, 0.717) is 5.52 Å². The van der Waals surface area contributed by atoms with E-state index in [4.69, 9.17) is 0 Å². The summed E-state index contributed by atoms with van der Waals surface area (Å²) in [6.45, 7) is -2.81. The molecule has 0 atom stereocenters. The fourth-order valence-corrected chi connectivity index (χ4v) is 4.27. The summed E-state index contributed by atoms with van der Waals surface area (Å²) >= 11 is 0. The fourth-order valence-electron chi connectivity index (χ4n) is 3.19. The first-order chi connectivity index (χ1) is 15.2. The molecule has 0 unspecified atom stereocenters. The SMILES string of the molecule is O=c1[nH]n(Cc2ccc(F)cc2)c2ccc(NS(=O)(=O)c3cccc(OC(F)F)c3)cc12. The van der Waals surface area contributed by atoms with Gasteiger partial charge in [0.2, 0.25) is 0 Å². The van der Waals surface area contributed by atoms with Gasteiger partial charge in [-0.05, 0) is 48.0 Å². The van der Waals surface area contributed by atoms with Crippen molar-refractivity contribution in [3.05, 3.63) is 88.5 Å². The molecule has 0 aliphatic heterocycles. The number of H-pyrrole nitrogens is 1. The quantitative estimate of drug-likeness (QED) is 0.435. The number of anilines is 1. The Balaban J connectivity index is 1.61. The van der Waals surface area contributed by atoms with E-state index in [1.807, 2.05) is 0 Å². The molecule has 4 aromatic rings. The van der Waals surface area contributed by atoms with E-state index in [0.717, 1.165) is 11.6 Å². The van der Waals surface area contributed by atoms with Gasteiger partial charge in [0.15, 0.2) is 0 Å². The number of aromatic amines is 1. The van der Waals surface area contributed by atoms with E-state index in [1.54, 1.807) is 22.9 Å². The second kappa shape index (κ2) is 8.42. The van der Waals surface area contributed by atoms with Crippen LogP contribution in [0.2, 0.25) is 0 Å². The van der Waals surface area contributed by atoms with Gasteiger partial charge in [-0.1, -0.05) is 18.2 Å². The molecule has 166 valence electrons. The van der Waals surface area contributed by atoms with E-state index < -0.39 is 22.2 Å². The standard InChI is InChI=1S/C21H16F3N3O4S/c22-14-6-4-13(5-7-14)12-27-19-9-8-15(10-18(19)20(28)25-27)26-32(29,30)17-3-1-2-16(11-17)31-21(23)24/h1-11,21,26H,12H2,(H,25,28). The Labute approximate surface area is 180 Å². The van der Waals surface area contributed by atoms with Crippen molar-refractivity contribution in [3.63, 3.8) is 0 Å². The highest BCUT2D eigenvalue weighted by atomic mass is 32.2. The summed E-state index contributed by atoms with van der Waals surface area (Å²) < 4.78 is 71.3. The first kappa shape index (κ1) is 21.5. The molecule has 0 fully saturated rings. The summed E-state index contributed by atoms with van der Waals surface area (Å²) in [7, 11) is -4.13. The van der Waals surface area contributed by atoms with E-state index in [-0.39, 0.29) is 34.1 Å². The van der Waals surface area contributed by atoms with Gasteiger partial charge in [0.25, 0.3) is 15.6 Å². The van der Waals surface area contributed by atoms with Crippen molar-refractivity contribution in [1.29, 1.82) is 0 Å². The van der Waals surface area contributed by atoms with Crippen molar-refractivity contribution < 1.29 is 26.3 Å². The van der Waals surface area contributed by atoms with Gasteiger partial charge in [0.1, 0.15) is 11.6 Å². The zero-order valence-corrected chi connectivity index (χ0v) is 17.1. The average Bonchev–Trinajstić information content (AvgIpc) is 3.04. The monoisotopic (exact) mass is 463 g/mol. The second-order valence-corrected chi connectivity index (χ2v) is 8.53. The summed E-state index contributed by atoms with van der Waals surface area (Å²) in [5.41, 5.74) is 0.961. The third-order valence-electron chi connectivity index (χ3n) is 4.62. The van der Waals surface area contributed by atoms with Gasteiger partial charge >= 0.3 is 6.61 Å². The zero-order valence-electron chi connectivity index (χ0n) is 16.3. The highest BCUT2D eigenvalue weighted by molar-refractivity contribution is 7.92. The molecule has 32 heavy (non-hydrogen) atoms. The Kier molecular flexibility index (Phi) is 5.66. The number of alkyl halides is 2. The first-order valence-corrected chi connectivity index (χ1v) is 10.7.